The SMILES string of the molecule is Cc1occc1-c1nnc(Sc2cc(-c3ccccc3)nc3ncnn23)n1N. The second-order valence-corrected chi connectivity index (χ2v) is 6.97. The Kier molecular flexibility index (Phi) is 3.83. The Morgan fingerprint density at radius 2 is 1.96 bits per heavy atom. The van der Waals surface area contributed by atoms with Crippen LogP contribution in [0.5, 0.6) is 0 Å². The Labute approximate surface area is 163 Å². The van der Waals surface area contributed by atoms with Gasteiger partial charge in [0.05, 0.1) is 17.5 Å². The van der Waals surface area contributed by atoms with E-state index < -0.39 is 0 Å². The number of hydrogen-bond donors (Lipinski definition) is 1. The Hall–Kier alpha value is -3.66. The fourth-order valence-corrected chi connectivity index (χ4v) is 3.69. The van der Waals surface area contributed by atoms with Gasteiger partial charge in [-0.15, -0.1) is 10.2 Å². The van der Waals surface area contributed by atoms with Crippen molar-refractivity contribution in [3.8, 4) is 22.6 Å². The highest BCUT2D eigenvalue weighted by Gasteiger charge is 2.18. The van der Waals surface area contributed by atoms with Gasteiger partial charge in [-0.3, -0.25) is 0 Å². The zero-order valence-electron chi connectivity index (χ0n) is 14.7. The second-order valence-electron chi connectivity index (χ2n) is 5.99. The molecule has 0 atom stereocenters. The van der Waals surface area contributed by atoms with Crippen molar-refractivity contribution in [2.75, 3.05) is 5.84 Å². The molecule has 138 valence electrons. The van der Waals surface area contributed by atoms with E-state index in [9.17, 15) is 0 Å². The van der Waals surface area contributed by atoms with Crippen molar-refractivity contribution in [1.82, 2.24) is 34.5 Å². The number of nitrogens with zero attached hydrogens (tertiary/aromatic N) is 7. The lowest BCUT2D eigenvalue weighted by Gasteiger charge is -2.07. The molecule has 0 amide bonds. The van der Waals surface area contributed by atoms with Gasteiger partial charge in [0.2, 0.25) is 5.16 Å². The molecule has 0 radical (unpaired) electrons. The number of nitrogen functional groups attached to an aromatic ring is 1. The average molecular weight is 390 g/mol. The zero-order chi connectivity index (χ0) is 19.1. The summed E-state index contributed by atoms with van der Waals surface area (Å²) in [5.41, 5.74) is 2.57. The van der Waals surface area contributed by atoms with Gasteiger partial charge >= 0.3 is 0 Å². The monoisotopic (exact) mass is 390 g/mol. The van der Waals surface area contributed by atoms with Gasteiger partial charge in [0.1, 0.15) is 17.1 Å². The Bertz CT molecular complexity index is 1270. The molecule has 2 N–H and O–H groups in total. The van der Waals surface area contributed by atoms with Crippen molar-refractivity contribution >= 4 is 17.5 Å². The number of fused-ring (bicyclic) bond motifs is 1. The first-order chi connectivity index (χ1) is 13.7. The minimum absolute atomic E-state index is 0.498. The van der Waals surface area contributed by atoms with Gasteiger partial charge in [0.15, 0.2) is 5.82 Å². The standard InChI is InChI=1S/C18H14N8OS/c1-11-13(7-8-27-11)16-23-24-18(25(16)19)28-15-9-14(12-5-3-2-4-6-12)22-17-20-10-21-26(15)17/h2-10H,19H2,1H3. The molecule has 5 rings (SSSR count). The van der Waals surface area contributed by atoms with Crippen LogP contribution in [-0.2, 0) is 0 Å². The van der Waals surface area contributed by atoms with Crippen LogP contribution in [0.2, 0.25) is 0 Å². The van der Waals surface area contributed by atoms with E-state index in [1.807, 2.05) is 49.4 Å². The van der Waals surface area contributed by atoms with Crippen molar-refractivity contribution in [2.24, 2.45) is 0 Å². The Morgan fingerprint density at radius 1 is 1.11 bits per heavy atom. The molecule has 0 fully saturated rings. The highest BCUT2D eigenvalue weighted by atomic mass is 32.2. The third-order valence-electron chi connectivity index (χ3n) is 4.25. The number of rotatable bonds is 4. The largest absolute Gasteiger partial charge is 0.469 e. The number of benzene rings is 1. The normalized spacial score (nSPS) is 11.3. The Morgan fingerprint density at radius 3 is 2.75 bits per heavy atom. The molecule has 0 aliphatic heterocycles. The van der Waals surface area contributed by atoms with E-state index in [0.717, 1.165) is 27.6 Å². The van der Waals surface area contributed by atoms with Crippen molar-refractivity contribution in [2.45, 2.75) is 17.1 Å². The van der Waals surface area contributed by atoms with Crippen molar-refractivity contribution in [3.63, 3.8) is 0 Å². The number of aromatic nitrogens is 7. The van der Waals surface area contributed by atoms with Gasteiger partial charge < -0.3 is 10.3 Å². The van der Waals surface area contributed by atoms with Crippen LogP contribution < -0.4 is 5.84 Å². The van der Waals surface area contributed by atoms with E-state index in [1.165, 1.54) is 22.8 Å². The number of hydrogen-bond acceptors (Lipinski definition) is 8. The molecule has 4 aromatic heterocycles. The third-order valence-corrected chi connectivity index (χ3v) is 5.21. The van der Waals surface area contributed by atoms with Gasteiger partial charge in [0.25, 0.3) is 5.78 Å². The van der Waals surface area contributed by atoms with Crippen LogP contribution in [-0.4, -0.2) is 34.5 Å². The third kappa shape index (κ3) is 2.70. The van der Waals surface area contributed by atoms with Crippen molar-refractivity contribution < 1.29 is 4.42 Å². The van der Waals surface area contributed by atoms with Gasteiger partial charge in [-0.25, -0.2) is 9.66 Å². The zero-order valence-corrected chi connectivity index (χ0v) is 15.5. The van der Waals surface area contributed by atoms with E-state index in [-0.39, 0.29) is 0 Å². The molecule has 9 nitrogen and oxygen atoms in total. The molecule has 0 saturated carbocycles. The maximum Gasteiger partial charge on any atom is 0.253 e. The van der Waals surface area contributed by atoms with Crippen LogP contribution >= 0.6 is 11.8 Å². The summed E-state index contributed by atoms with van der Waals surface area (Å²) < 4.78 is 8.43. The Balaban J connectivity index is 1.58. The maximum absolute atomic E-state index is 6.25. The molecule has 28 heavy (non-hydrogen) atoms. The lowest BCUT2D eigenvalue weighted by atomic mass is 10.1. The molecular weight excluding hydrogens is 376 g/mol. The molecular formula is C18H14N8OS. The van der Waals surface area contributed by atoms with E-state index >= 15 is 0 Å². The summed E-state index contributed by atoms with van der Waals surface area (Å²) in [5.74, 6) is 8.00. The molecule has 4 heterocycles. The predicted octanol–water partition coefficient (Wildman–Crippen LogP) is 2.82. The quantitative estimate of drug-likeness (QED) is 0.368. The van der Waals surface area contributed by atoms with Crippen LogP contribution in [0.3, 0.4) is 0 Å². The van der Waals surface area contributed by atoms with Crippen LogP contribution in [0.15, 0.2) is 69.7 Å². The van der Waals surface area contributed by atoms with Crippen LogP contribution in [0.25, 0.3) is 28.4 Å². The predicted molar refractivity (Wildman–Crippen MR) is 103 cm³/mol. The van der Waals surface area contributed by atoms with E-state index in [4.69, 9.17) is 10.3 Å². The van der Waals surface area contributed by atoms with Crippen LogP contribution in [0.1, 0.15) is 5.76 Å². The average Bonchev–Trinajstić information content (AvgIpc) is 3.44. The van der Waals surface area contributed by atoms with Gasteiger partial charge in [-0.1, -0.05) is 30.3 Å². The first-order valence-electron chi connectivity index (χ1n) is 8.40. The summed E-state index contributed by atoms with van der Waals surface area (Å²) in [5, 5.41) is 14.0. The van der Waals surface area contributed by atoms with Crippen LogP contribution in [0, 0.1) is 6.92 Å². The molecule has 0 aliphatic carbocycles. The molecule has 0 unspecified atom stereocenters. The summed E-state index contributed by atoms with van der Waals surface area (Å²) in [6, 6.07) is 13.6. The van der Waals surface area contributed by atoms with Crippen LogP contribution in [0.4, 0.5) is 0 Å². The molecule has 0 saturated heterocycles. The summed E-state index contributed by atoms with van der Waals surface area (Å²) >= 11 is 1.34. The molecule has 0 bridgehead atoms. The highest BCUT2D eigenvalue weighted by Crippen LogP contribution is 2.31. The topological polar surface area (TPSA) is 113 Å². The highest BCUT2D eigenvalue weighted by molar-refractivity contribution is 7.99. The molecule has 5 aromatic rings. The van der Waals surface area contributed by atoms with Gasteiger partial charge in [0, 0.05) is 5.56 Å². The fraction of sp³-hybridized carbons (Fsp3) is 0.0556. The van der Waals surface area contributed by atoms with E-state index in [1.54, 1.807) is 10.8 Å². The lowest BCUT2D eigenvalue weighted by molar-refractivity contribution is 0.535. The summed E-state index contributed by atoms with van der Waals surface area (Å²) in [7, 11) is 0. The number of furan rings is 1. The fourth-order valence-electron chi connectivity index (χ4n) is 2.86. The molecule has 0 aliphatic rings. The molecule has 10 heteroatoms. The van der Waals surface area contributed by atoms with Crippen molar-refractivity contribution in [1.29, 1.82) is 0 Å². The smallest absolute Gasteiger partial charge is 0.253 e. The molecule has 1 aromatic carbocycles. The van der Waals surface area contributed by atoms with Gasteiger partial charge in [-0.2, -0.15) is 14.6 Å². The number of aryl methyl sites for hydroxylation is 1. The summed E-state index contributed by atoms with van der Waals surface area (Å²) in [6.45, 7) is 1.85. The second kappa shape index (κ2) is 6.50. The molecule has 0 spiro atoms. The van der Waals surface area contributed by atoms with Gasteiger partial charge in [-0.05, 0) is 30.8 Å². The summed E-state index contributed by atoms with van der Waals surface area (Å²) in [6.07, 6.45) is 3.06. The van der Waals surface area contributed by atoms with E-state index in [2.05, 4.69) is 25.3 Å². The van der Waals surface area contributed by atoms with Crippen molar-refractivity contribution in [3.05, 3.63) is 60.8 Å². The lowest BCUT2D eigenvalue weighted by Crippen LogP contribution is -2.12. The first kappa shape index (κ1) is 16.5. The van der Waals surface area contributed by atoms with E-state index in [0.29, 0.717) is 16.8 Å². The number of nitrogens with two attached hydrogens (primary N) is 1. The summed E-state index contributed by atoms with van der Waals surface area (Å²) in [4.78, 5) is 8.81. The first-order valence-corrected chi connectivity index (χ1v) is 9.21. The minimum Gasteiger partial charge on any atom is -0.469 e. The minimum atomic E-state index is 0.498. The maximum atomic E-state index is 6.25.